The highest BCUT2D eigenvalue weighted by Gasteiger charge is 2.19. The van der Waals surface area contributed by atoms with E-state index < -0.39 is 11.9 Å². The van der Waals surface area contributed by atoms with Crippen LogP contribution in [0.4, 0.5) is 0 Å². The molecule has 0 radical (unpaired) electrons. The van der Waals surface area contributed by atoms with Crippen molar-refractivity contribution in [2.24, 2.45) is 0 Å². The molecule has 18 nitrogen and oxygen atoms in total. The number of esters is 1. The zero-order valence-electron chi connectivity index (χ0n) is 41.0. The molecule has 0 saturated carbocycles. The van der Waals surface area contributed by atoms with Gasteiger partial charge in [0.1, 0.15) is 11.5 Å². The molecule has 76 heavy (non-hydrogen) atoms. The van der Waals surface area contributed by atoms with Crippen molar-refractivity contribution in [2.75, 3.05) is 6.61 Å². The first-order valence-corrected chi connectivity index (χ1v) is 23.7. The molecule has 0 amide bonds. The van der Waals surface area contributed by atoms with Crippen LogP contribution in [0.15, 0.2) is 133 Å². The predicted molar refractivity (Wildman–Crippen MR) is 272 cm³/mol. The second-order valence-electron chi connectivity index (χ2n) is 16.8. The maximum atomic E-state index is 12.7. The van der Waals surface area contributed by atoms with E-state index in [0.717, 1.165) is 83.4 Å². The minimum absolute atomic E-state index is 0.264. The highest BCUT2D eigenvalue weighted by Crippen LogP contribution is 2.46. The Morgan fingerprint density at radius 1 is 0.421 bits per heavy atom. The number of hydrogen-bond donors (Lipinski definition) is 1. The Morgan fingerprint density at radius 2 is 0.908 bits per heavy atom. The fourth-order valence-electron chi connectivity index (χ4n) is 8.46. The van der Waals surface area contributed by atoms with Crippen molar-refractivity contribution in [3.8, 4) is 80.4 Å². The highest BCUT2D eigenvalue weighted by atomic mass is 18.0. The molecule has 8 aromatic carbocycles. The van der Waals surface area contributed by atoms with Crippen LogP contribution in [0, 0.1) is 49.4 Å². The third kappa shape index (κ3) is 14.9. The van der Waals surface area contributed by atoms with Crippen molar-refractivity contribution in [3.05, 3.63) is 145 Å². The van der Waals surface area contributed by atoms with Crippen LogP contribution < -0.4 is 9.47 Å². The lowest BCUT2D eigenvalue weighted by atomic mass is 9.84. The number of ether oxygens (including phenoxy) is 2. The lowest BCUT2D eigenvalue weighted by Gasteiger charge is -2.20. The first-order valence-electron chi connectivity index (χ1n) is 23.7. The van der Waals surface area contributed by atoms with Crippen molar-refractivity contribution in [1.29, 1.82) is 0 Å². The molecule has 8 aromatic rings. The Labute approximate surface area is 434 Å². The third-order valence-electron chi connectivity index (χ3n) is 11.8. The van der Waals surface area contributed by atoms with E-state index in [1.807, 2.05) is 18.1 Å². The van der Waals surface area contributed by atoms with Gasteiger partial charge in [-0.2, -0.15) is 0 Å². The topological polar surface area (TPSA) is 193 Å². The molecule has 0 spiro atoms. The van der Waals surface area contributed by atoms with Gasteiger partial charge in [0.05, 0.1) is 6.61 Å². The lowest BCUT2D eigenvalue weighted by Crippen LogP contribution is -2.06. The van der Waals surface area contributed by atoms with Crippen molar-refractivity contribution in [1.82, 2.24) is 0 Å². The summed E-state index contributed by atoms with van der Waals surface area (Å²) < 4.78 is 11.7. The van der Waals surface area contributed by atoms with Crippen LogP contribution in [0.1, 0.15) is 56.6 Å². The summed E-state index contributed by atoms with van der Waals surface area (Å²) in [6.07, 6.45) is 7.27. The van der Waals surface area contributed by atoms with Gasteiger partial charge in [0, 0.05) is 42.1 Å². The first-order chi connectivity index (χ1) is 37.3. The Balaban J connectivity index is 0.996. The zero-order valence-corrected chi connectivity index (χ0v) is 41.0. The van der Waals surface area contributed by atoms with Crippen LogP contribution in [0.5, 0.6) is 11.5 Å². The molecule has 0 aliphatic carbocycles. The number of unbranched alkanes of at least 4 members (excludes halogenated alkanes) is 5. The van der Waals surface area contributed by atoms with Gasteiger partial charge >= 0.3 is 11.9 Å². The number of rotatable bonds is 24. The summed E-state index contributed by atoms with van der Waals surface area (Å²) in [6.45, 7) is 7.14. The van der Waals surface area contributed by atoms with Gasteiger partial charge in [0.25, 0.3) is 0 Å². The Hall–Kier alpha value is -8.30. The lowest BCUT2D eigenvalue weighted by molar-refractivity contribution is -0.874. The van der Waals surface area contributed by atoms with Crippen LogP contribution in [0.2, 0.25) is 0 Å². The molecule has 0 aromatic heterocycles. The monoisotopic (exact) mass is 1030 g/mol. The molecule has 0 atom stereocenters. The van der Waals surface area contributed by atoms with Gasteiger partial charge in [-0.3, -0.25) is 4.89 Å². The Kier molecular flexibility index (Phi) is 19.8. The number of benzene rings is 8. The fourth-order valence-corrected chi connectivity index (χ4v) is 8.46. The maximum Gasteiger partial charge on any atom is 0.421 e. The molecular weight excluding hydrogens is 985 g/mol. The normalized spacial score (nSPS) is 10.9. The number of carbonyl (C=O) groups excluding carboxylic acids is 2. The predicted octanol–water partition coefficient (Wildman–Crippen LogP) is 12.8. The van der Waals surface area contributed by atoms with Crippen molar-refractivity contribution >= 4 is 55.0 Å². The standard InChI is InChI=1S/C58H46O18/c1-4-5-6-7-10-13-32-62-50-29-25-45-36-48(22-21-46(45)37-50)58-51-30-17-40(3)34-53(51)57(52-31-26-47(38-54(52)58)44-20-19-42-33-39(2)16-18-43(42)35-44)41-23-27-49(28-24-41)63-55(59)14-11-8-9-12-15-56(60)64-66-68-70-72-74-76-75-73-71-69-67-65-61/h16-31,33-38,61H,4-7,10,13,32H2,1-3H3. The first kappa shape index (κ1) is 54.0. The molecule has 8 rings (SSSR count). The molecule has 0 saturated heterocycles. The summed E-state index contributed by atoms with van der Waals surface area (Å²) >= 11 is 0. The molecule has 1 N–H and O–H groups in total. The van der Waals surface area contributed by atoms with Crippen LogP contribution in [0.25, 0.3) is 76.5 Å². The minimum atomic E-state index is -1.29. The average molecular weight is 1030 g/mol. The van der Waals surface area contributed by atoms with Crippen molar-refractivity contribution in [3.63, 3.8) is 0 Å². The SMILES string of the molecule is CCCCCCCCOc1ccc2cc(-c3c4ccc(C)cc4c(-c4ccc(OC(=O)C#CC#CC#CC(=O)OOOOOOOOOOOOOO)cc4)c4ccc(-c5ccc6cc(C)ccc6c5)cc34)ccc2c1. The van der Waals surface area contributed by atoms with Gasteiger partial charge < -0.3 is 9.47 Å². The van der Waals surface area contributed by atoms with Crippen LogP contribution >= 0.6 is 0 Å². The van der Waals surface area contributed by atoms with Crippen molar-refractivity contribution < 1.29 is 89.7 Å². The van der Waals surface area contributed by atoms with Crippen LogP contribution in [-0.4, -0.2) is 23.8 Å². The highest BCUT2D eigenvalue weighted by molar-refractivity contribution is 6.22. The summed E-state index contributed by atoms with van der Waals surface area (Å²) in [5.74, 6) is 12.1. The molecular formula is C58H46O18. The summed E-state index contributed by atoms with van der Waals surface area (Å²) in [6, 6.07) is 46.7. The van der Waals surface area contributed by atoms with E-state index in [-0.39, 0.29) is 5.75 Å². The van der Waals surface area contributed by atoms with E-state index in [4.69, 9.17) is 14.7 Å². The summed E-state index contributed by atoms with van der Waals surface area (Å²) in [5, 5.41) is 59.3. The second-order valence-corrected chi connectivity index (χ2v) is 16.8. The maximum absolute atomic E-state index is 12.7. The number of carbonyl (C=O) groups is 2. The summed E-state index contributed by atoms with van der Waals surface area (Å²) in [4.78, 5) is 28.3. The van der Waals surface area contributed by atoms with E-state index in [1.165, 1.54) is 48.4 Å². The molecule has 386 valence electrons. The van der Waals surface area contributed by atoms with Crippen LogP contribution in [0.3, 0.4) is 0 Å². The molecule has 0 unspecified atom stereocenters. The smallest absolute Gasteiger partial charge is 0.421 e. The fraction of sp³-hybridized carbons (Fsp3) is 0.172. The molecule has 18 heteroatoms. The van der Waals surface area contributed by atoms with E-state index in [0.29, 0.717) is 6.61 Å². The largest absolute Gasteiger partial charge is 0.494 e. The average Bonchev–Trinajstić information content (AvgIpc) is 3.47. The summed E-state index contributed by atoms with van der Waals surface area (Å²) in [7, 11) is 0. The van der Waals surface area contributed by atoms with Gasteiger partial charge in [-0.05, 0) is 193 Å². The van der Waals surface area contributed by atoms with Gasteiger partial charge in [-0.1, -0.05) is 141 Å². The van der Waals surface area contributed by atoms with Gasteiger partial charge in [-0.15, -0.1) is 0 Å². The van der Waals surface area contributed by atoms with Gasteiger partial charge in [0.15, 0.2) is 0 Å². The second kappa shape index (κ2) is 27.8. The molecule has 0 fully saturated rings. The molecule has 0 bridgehead atoms. The zero-order chi connectivity index (χ0) is 52.9. The summed E-state index contributed by atoms with van der Waals surface area (Å²) in [5.41, 5.74) is 8.70. The quantitative estimate of drug-likeness (QED) is 0.00877. The number of fused-ring (bicyclic) bond motifs is 4. The molecule has 0 aliphatic heterocycles. The Bertz CT molecular complexity index is 3520. The molecule has 0 aliphatic rings. The van der Waals surface area contributed by atoms with E-state index in [1.54, 1.807) is 12.1 Å². The van der Waals surface area contributed by atoms with Crippen LogP contribution in [-0.2, 0) is 74.9 Å². The minimum Gasteiger partial charge on any atom is -0.494 e. The number of aryl methyl sites for hydroxylation is 2. The Morgan fingerprint density at radius 3 is 1.63 bits per heavy atom. The van der Waals surface area contributed by atoms with E-state index in [9.17, 15) is 9.59 Å². The number of hydrogen-bond acceptors (Lipinski definition) is 18. The van der Waals surface area contributed by atoms with E-state index in [2.05, 4.69) is 225 Å². The third-order valence-corrected chi connectivity index (χ3v) is 11.8. The van der Waals surface area contributed by atoms with Crippen molar-refractivity contribution in [2.45, 2.75) is 59.3 Å². The van der Waals surface area contributed by atoms with Gasteiger partial charge in [-0.25, -0.2) is 14.8 Å². The van der Waals surface area contributed by atoms with E-state index >= 15 is 0 Å². The molecule has 0 heterocycles. The van der Waals surface area contributed by atoms with Gasteiger partial charge in [0.2, 0.25) is 0 Å².